The first-order chi connectivity index (χ1) is 14.7. The van der Waals surface area contributed by atoms with Crippen molar-refractivity contribution in [3.05, 3.63) is 59.7 Å². The van der Waals surface area contributed by atoms with Crippen molar-refractivity contribution < 1.29 is 18.9 Å². The van der Waals surface area contributed by atoms with Crippen LogP contribution in [0.2, 0.25) is 0 Å². The first-order valence-electron chi connectivity index (χ1n) is 10.4. The van der Waals surface area contributed by atoms with E-state index in [1.165, 1.54) is 5.56 Å². The van der Waals surface area contributed by atoms with Crippen molar-refractivity contribution >= 4 is 17.3 Å². The standard InChI is InChI=1S/C23H30N2O4S/c1-3-26-22(27-4-2)16-25(13-12-18-8-6-5-7-9-18)23(30)24-15-19-10-11-20-21(14-19)29-17-28-20/h5-11,14,22H,3-4,12-13,15-17H2,1-2H3,(H,24,30). The van der Waals surface area contributed by atoms with E-state index in [0.29, 0.717) is 31.4 Å². The number of rotatable bonds is 11. The Kier molecular flexibility index (Phi) is 8.74. The Morgan fingerprint density at radius 2 is 1.77 bits per heavy atom. The number of fused-ring (bicyclic) bond motifs is 1. The smallest absolute Gasteiger partial charge is 0.231 e. The van der Waals surface area contributed by atoms with Crippen molar-refractivity contribution in [2.24, 2.45) is 0 Å². The molecular formula is C23H30N2O4S. The van der Waals surface area contributed by atoms with Crippen LogP contribution in [-0.4, -0.2) is 49.4 Å². The van der Waals surface area contributed by atoms with Crippen molar-refractivity contribution in [2.75, 3.05) is 33.1 Å². The minimum Gasteiger partial charge on any atom is -0.454 e. The maximum atomic E-state index is 5.75. The fraction of sp³-hybridized carbons (Fsp3) is 0.435. The van der Waals surface area contributed by atoms with Gasteiger partial charge in [-0.25, -0.2) is 0 Å². The molecule has 7 heteroatoms. The molecule has 1 heterocycles. The summed E-state index contributed by atoms with van der Waals surface area (Å²) in [6.07, 6.45) is 0.568. The molecule has 30 heavy (non-hydrogen) atoms. The predicted octanol–water partition coefficient (Wildman–Crippen LogP) is 3.73. The van der Waals surface area contributed by atoms with Gasteiger partial charge in [0.2, 0.25) is 6.79 Å². The van der Waals surface area contributed by atoms with E-state index in [2.05, 4.69) is 34.5 Å². The van der Waals surface area contributed by atoms with Crippen LogP contribution in [0.1, 0.15) is 25.0 Å². The Morgan fingerprint density at radius 1 is 1.03 bits per heavy atom. The third-order valence-corrected chi connectivity index (χ3v) is 5.16. The number of nitrogens with one attached hydrogen (secondary N) is 1. The predicted molar refractivity (Wildman–Crippen MR) is 121 cm³/mol. The van der Waals surface area contributed by atoms with Crippen molar-refractivity contribution in [3.63, 3.8) is 0 Å². The van der Waals surface area contributed by atoms with Gasteiger partial charge in [0, 0.05) is 26.3 Å². The lowest BCUT2D eigenvalue weighted by molar-refractivity contribution is -0.141. The van der Waals surface area contributed by atoms with Gasteiger partial charge in [-0.1, -0.05) is 36.4 Å². The van der Waals surface area contributed by atoms with E-state index in [9.17, 15) is 0 Å². The molecule has 162 valence electrons. The van der Waals surface area contributed by atoms with Gasteiger partial charge in [0.1, 0.15) is 0 Å². The normalized spacial score (nSPS) is 12.2. The van der Waals surface area contributed by atoms with Crippen molar-refractivity contribution in [1.29, 1.82) is 0 Å². The molecule has 0 saturated heterocycles. The SMILES string of the molecule is CCOC(CN(CCc1ccccc1)C(=S)NCc1ccc2c(c1)OCO2)OCC. The molecule has 3 rings (SSSR count). The van der Waals surface area contributed by atoms with E-state index >= 15 is 0 Å². The van der Waals surface area contributed by atoms with E-state index in [1.807, 2.05) is 38.1 Å². The molecule has 0 atom stereocenters. The number of hydrogen-bond donors (Lipinski definition) is 1. The van der Waals surface area contributed by atoms with Crippen molar-refractivity contribution in [3.8, 4) is 11.5 Å². The lowest BCUT2D eigenvalue weighted by atomic mass is 10.1. The van der Waals surface area contributed by atoms with Gasteiger partial charge in [-0.3, -0.25) is 0 Å². The van der Waals surface area contributed by atoms with Gasteiger partial charge in [0.05, 0.1) is 6.54 Å². The molecule has 0 saturated carbocycles. The highest BCUT2D eigenvalue weighted by molar-refractivity contribution is 7.80. The van der Waals surface area contributed by atoms with E-state index in [1.54, 1.807) is 0 Å². The lowest BCUT2D eigenvalue weighted by Crippen LogP contribution is -2.45. The Balaban J connectivity index is 1.61. The van der Waals surface area contributed by atoms with Crippen LogP contribution in [0.4, 0.5) is 0 Å². The van der Waals surface area contributed by atoms with Gasteiger partial charge < -0.3 is 29.2 Å². The highest BCUT2D eigenvalue weighted by Gasteiger charge is 2.18. The summed E-state index contributed by atoms with van der Waals surface area (Å²) in [5, 5.41) is 4.04. The maximum Gasteiger partial charge on any atom is 0.231 e. The average molecular weight is 431 g/mol. The summed E-state index contributed by atoms with van der Waals surface area (Å²) >= 11 is 5.72. The second kappa shape index (κ2) is 11.7. The summed E-state index contributed by atoms with van der Waals surface area (Å²) in [6, 6.07) is 16.3. The molecule has 0 unspecified atom stereocenters. The molecule has 1 N–H and O–H groups in total. The van der Waals surface area contributed by atoms with Crippen molar-refractivity contribution in [1.82, 2.24) is 10.2 Å². The van der Waals surface area contributed by atoms with Gasteiger partial charge in [0.25, 0.3) is 0 Å². The first kappa shape index (κ1) is 22.3. The van der Waals surface area contributed by atoms with Crippen LogP contribution in [0, 0.1) is 0 Å². The summed E-state index contributed by atoms with van der Waals surface area (Å²) in [5.74, 6) is 1.55. The average Bonchev–Trinajstić information content (AvgIpc) is 3.24. The van der Waals surface area contributed by atoms with Crippen LogP contribution in [0.5, 0.6) is 11.5 Å². The molecule has 2 aromatic rings. The quantitative estimate of drug-likeness (QED) is 0.431. The zero-order chi connectivity index (χ0) is 21.2. The summed E-state index contributed by atoms with van der Waals surface area (Å²) in [4.78, 5) is 2.12. The molecule has 1 aliphatic heterocycles. The molecule has 1 aliphatic rings. The zero-order valence-corrected chi connectivity index (χ0v) is 18.5. The zero-order valence-electron chi connectivity index (χ0n) is 17.6. The molecular weight excluding hydrogens is 400 g/mol. The maximum absolute atomic E-state index is 5.75. The molecule has 0 radical (unpaired) electrons. The van der Waals surface area contributed by atoms with Gasteiger partial charge in [-0.2, -0.15) is 0 Å². The second-order valence-electron chi connectivity index (χ2n) is 6.87. The Morgan fingerprint density at radius 3 is 2.50 bits per heavy atom. The van der Waals surface area contributed by atoms with Crippen LogP contribution in [0.15, 0.2) is 48.5 Å². The summed E-state index contributed by atoms with van der Waals surface area (Å²) in [7, 11) is 0. The van der Waals surface area contributed by atoms with Crippen LogP contribution < -0.4 is 14.8 Å². The summed E-state index contributed by atoms with van der Waals surface area (Å²) in [5.41, 5.74) is 2.35. The number of ether oxygens (including phenoxy) is 4. The Labute approximate surface area is 184 Å². The third-order valence-electron chi connectivity index (χ3n) is 4.76. The Hall–Kier alpha value is -2.35. The van der Waals surface area contributed by atoms with Gasteiger partial charge in [-0.05, 0) is 55.7 Å². The lowest BCUT2D eigenvalue weighted by Gasteiger charge is -2.30. The van der Waals surface area contributed by atoms with Crippen LogP contribution in [-0.2, 0) is 22.4 Å². The van der Waals surface area contributed by atoms with Crippen molar-refractivity contribution in [2.45, 2.75) is 33.1 Å². The van der Waals surface area contributed by atoms with E-state index in [-0.39, 0.29) is 13.1 Å². The van der Waals surface area contributed by atoms with Gasteiger partial charge in [-0.15, -0.1) is 0 Å². The molecule has 0 amide bonds. The minimum absolute atomic E-state index is 0.272. The molecule has 2 aromatic carbocycles. The molecule has 0 spiro atoms. The molecule has 6 nitrogen and oxygen atoms in total. The van der Waals surface area contributed by atoms with Crippen LogP contribution in [0.3, 0.4) is 0 Å². The van der Waals surface area contributed by atoms with E-state index < -0.39 is 0 Å². The van der Waals surface area contributed by atoms with E-state index in [0.717, 1.165) is 30.0 Å². The van der Waals surface area contributed by atoms with Gasteiger partial charge in [0.15, 0.2) is 22.9 Å². The topological polar surface area (TPSA) is 52.2 Å². The summed E-state index contributed by atoms with van der Waals surface area (Å²) < 4.78 is 22.3. The minimum atomic E-state index is -0.318. The highest BCUT2D eigenvalue weighted by atomic mass is 32.1. The van der Waals surface area contributed by atoms with E-state index in [4.69, 9.17) is 31.2 Å². The molecule has 0 fully saturated rings. The highest BCUT2D eigenvalue weighted by Crippen LogP contribution is 2.32. The molecule has 0 aromatic heterocycles. The number of benzene rings is 2. The monoisotopic (exact) mass is 430 g/mol. The van der Waals surface area contributed by atoms with Gasteiger partial charge >= 0.3 is 0 Å². The molecule has 0 bridgehead atoms. The fourth-order valence-corrected chi connectivity index (χ4v) is 3.47. The number of thiocarbonyl (C=S) groups is 1. The largest absolute Gasteiger partial charge is 0.454 e. The first-order valence-corrected chi connectivity index (χ1v) is 10.8. The fourth-order valence-electron chi connectivity index (χ4n) is 3.23. The third kappa shape index (κ3) is 6.58. The van der Waals surface area contributed by atoms with Crippen LogP contribution in [0.25, 0.3) is 0 Å². The number of hydrogen-bond acceptors (Lipinski definition) is 5. The molecule has 0 aliphatic carbocycles. The second-order valence-corrected chi connectivity index (χ2v) is 7.25. The van der Waals surface area contributed by atoms with Crippen LogP contribution >= 0.6 is 12.2 Å². The number of nitrogens with zero attached hydrogens (tertiary/aromatic N) is 1. The Bertz CT molecular complexity index is 797. The summed E-state index contributed by atoms with van der Waals surface area (Å²) in [6.45, 7) is 7.34.